The lowest BCUT2D eigenvalue weighted by atomic mass is 10.1. The molecule has 0 aliphatic rings. The van der Waals surface area contributed by atoms with Crippen LogP contribution in [0.1, 0.15) is 18.5 Å². The Morgan fingerprint density at radius 3 is 2.57 bits per heavy atom. The average Bonchev–Trinajstić information content (AvgIpc) is 2.45. The summed E-state index contributed by atoms with van der Waals surface area (Å²) < 4.78 is 26.8. The molecule has 1 atom stereocenters. The molecule has 0 aromatic heterocycles. The van der Waals surface area contributed by atoms with Crippen LogP contribution in [0, 0.1) is 11.6 Å². The zero-order chi connectivity index (χ0) is 15.3. The standard InChI is InChI=1S/C13H17F2N3O2.ClH/c1-8(10-5-9(14)3-4-11(10)15)18(2)13(20)7-17-12(19)6-16;/h3-5,8H,6-7,16H2,1-2H3,(H,17,19);1H. The van der Waals surface area contributed by atoms with E-state index in [0.717, 1.165) is 18.2 Å². The number of rotatable bonds is 5. The summed E-state index contributed by atoms with van der Waals surface area (Å²) in [7, 11) is 1.45. The number of likely N-dealkylation sites (N-methyl/N-ethyl adjacent to an activating group) is 1. The van der Waals surface area contributed by atoms with E-state index in [-0.39, 0.29) is 31.1 Å². The molecule has 0 saturated heterocycles. The second-order valence-corrected chi connectivity index (χ2v) is 4.33. The van der Waals surface area contributed by atoms with Gasteiger partial charge in [-0.25, -0.2) is 8.78 Å². The van der Waals surface area contributed by atoms with Crippen molar-refractivity contribution in [1.82, 2.24) is 10.2 Å². The lowest BCUT2D eigenvalue weighted by Gasteiger charge is -2.25. The summed E-state index contributed by atoms with van der Waals surface area (Å²) >= 11 is 0. The van der Waals surface area contributed by atoms with Crippen LogP contribution in [0.2, 0.25) is 0 Å². The maximum Gasteiger partial charge on any atom is 0.242 e. The molecule has 3 N–H and O–H groups in total. The van der Waals surface area contributed by atoms with Gasteiger partial charge in [0.05, 0.1) is 19.1 Å². The SMILES string of the molecule is CC(c1cc(F)ccc1F)N(C)C(=O)CNC(=O)CN.Cl. The van der Waals surface area contributed by atoms with E-state index in [2.05, 4.69) is 5.32 Å². The molecule has 8 heteroatoms. The van der Waals surface area contributed by atoms with Crippen molar-refractivity contribution in [2.24, 2.45) is 5.73 Å². The van der Waals surface area contributed by atoms with Crippen molar-refractivity contribution in [3.8, 4) is 0 Å². The third-order valence-corrected chi connectivity index (χ3v) is 3.00. The van der Waals surface area contributed by atoms with Crippen LogP contribution in [0.5, 0.6) is 0 Å². The van der Waals surface area contributed by atoms with Crippen molar-refractivity contribution in [2.45, 2.75) is 13.0 Å². The molecule has 118 valence electrons. The summed E-state index contributed by atoms with van der Waals surface area (Å²) in [6.45, 7) is 1.11. The highest BCUT2D eigenvalue weighted by Crippen LogP contribution is 2.22. The number of benzene rings is 1. The smallest absolute Gasteiger partial charge is 0.242 e. The van der Waals surface area contributed by atoms with Gasteiger partial charge >= 0.3 is 0 Å². The number of amides is 2. The van der Waals surface area contributed by atoms with Crippen molar-refractivity contribution < 1.29 is 18.4 Å². The molecular formula is C13H18ClF2N3O2. The third kappa shape index (κ3) is 5.28. The average molecular weight is 322 g/mol. The summed E-state index contributed by atoms with van der Waals surface area (Å²) in [5.41, 5.74) is 5.17. The van der Waals surface area contributed by atoms with Gasteiger partial charge in [0.2, 0.25) is 11.8 Å². The van der Waals surface area contributed by atoms with Crippen LogP contribution in [-0.2, 0) is 9.59 Å². The quantitative estimate of drug-likeness (QED) is 0.849. The zero-order valence-electron chi connectivity index (χ0n) is 11.7. The Hall–Kier alpha value is -1.73. The molecule has 1 rings (SSSR count). The maximum atomic E-state index is 13.6. The van der Waals surface area contributed by atoms with E-state index in [9.17, 15) is 18.4 Å². The van der Waals surface area contributed by atoms with E-state index in [1.807, 2.05) is 0 Å². The van der Waals surface area contributed by atoms with Gasteiger partial charge in [-0.1, -0.05) is 0 Å². The lowest BCUT2D eigenvalue weighted by Crippen LogP contribution is -2.41. The van der Waals surface area contributed by atoms with Crippen molar-refractivity contribution in [3.05, 3.63) is 35.4 Å². The number of halogens is 3. The van der Waals surface area contributed by atoms with E-state index in [0.29, 0.717) is 0 Å². The predicted octanol–water partition coefficient (Wildman–Crippen LogP) is 0.981. The van der Waals surface area contributed by atoms with Crippen molar-refractivity contribution in [2.75, 3.05) is 20.1 Å². The van der Waals surface area contributed by atoms with Crippen molar-refractivity contribution >= 4 is 24.2 Å². The summed E-state index contributed by atoms with van der Waals surface area (Å²) in [6.07, 6.45) is 0. The normalized spacial score (nSPS) is 11.3. The van der Waals surface area contributed by atoms with Gasteiger partial charge in [-0.2, -0.15) is 0 Å². The number of hydrogen-bond donors (Lipinski definition) is 2. The Balaban J connectivity index is 0.00000400. The number of hydrogen-bond acceptors (Lipinski definition) is 3. The number of nitrogens with two attached hydrogens (primary N) is 1. The van der Waals surface area contributed by atoms with Crippen LogP contribution < -0.4 is 11.1 Å². The van der Waals surface area contributed by atoms with Gasteiger partial charge in [0.1, 0.15) is 11.6 Å². The molecule has 0 fully saturated rings. The Morgan fingerprint density at radius 2 is 2.00 bits per heavy atom. The first-order valence-electron chi connectivity index (χ1n) is 6.04. The fourth-order valence-electron chi connectivity index (χ4n) is 1.63. The summed E-state index contributed by atoms with van der Waals surface area (Å²) in [4.78, 5) is 24.0. The number of carbonyl (C=O) groups excluding carboxylic acids is 2. The minimum Gasteiger partial charge on any atom is -0.346 e. The Morgan fingerprint density at radius 1 is 1.38 bits per heavy atom. The third-order valence-electron chi connectivity index (χ3n) is 3.00. The molecule has 0 spiro atoms. The monoisotopic (exact) mass is 321 g/mol. The van der Waals surface area contributed by atoms with Gasteiger partial charge in [0.25, 0.3) is 0 Å². The maximum absolute atomic E-state index is 13.6. The van der Waals surface area contributed by atoms with E-state index in [1.54, 1.807) is 6.92 Å². The fraction of sp³-hybridized carbons (Fsp3) is 0.385. The largest absolute Gasteiger partial charge is 0.346 e. The van der Waals surface area contributed by atoms with Gasteiger partial charge in [-0.3, -0.25) is 9.59 Å². The fourth-order valence-corrected chi connectivity index (χ4v) is 1.63. The molecule has 5 nitrogen and oxygen atoms in total. The minimum atomic E-state index is -0.659. The van der Waals surface area contributed by atoms with E-state index < -0.39 is 29.5 Å². The number of nitrogens with one attached hydrogen (secondary N) is 1. The van der Waals surface area contributed by atoms with Crippen molar-refractivity contribution in [3.63, 3.8) is 0 Å². The molecule has 0 aliphatic heterocycles. The summed E-state index contributed by atoms with van der Waals surface area (Å²) in [5, 5.41) is 2.32. The van der Waals surface area contributed by atoms with Crippen LogP contribution in [0.15, 0.2) is 18.2 Å². The van der Waals surface area contributed by atoms with E-state index >= 15 is 0 Å². The lowest BCUT2D eigenvalue weighted by molar-refractivity contribution is -0.133. The molecule has 0 aliphatic carbocycles. The van der Waals surface area contributed by atoms with Crippen LogP contribution in [0.3, 0.4) is 0 Å². The topological polar surface area (TPSA) is 75.4 Å². The second-order valence-electron chi connectivity index (χ2n) is 4.33. The van der Waals surface area contributed by atoms with Crippen LogP contribution in [0.25, 0.3) is 0 Å². The van der Waals surface area contributed by atoms with E-state index in [4.69, 9.17) is 5.73 Å². The molecule has 0 saturated carbocycles. The number of nitrogens with zero attached hydrogens (tertiary/aromatic N) is 1. The first-order valence-corrected chi connectivity index (χ1v) is 6.04. The number of carbonyl (C=O) groups is 2. The Labute approximate surface area is 127 Å². The van der Waals surface area contributed by atoms with Crippen molar-refractivity contribution in [1.29, 1.82) is 0 Å². The first-order chi connectivity index (χ1) is 9.36. The summed E-state index contributed by atoms with van der Waals surface area (Å²) in [6, 6.07) is 2.40. The zero-order valence-corrected chi connectivity index (χ0v) is 12.5. The molecule has 1 aromatic rings. The van der Waals surface area contributed by atoms with Gasteiger partial charge in [-0.05, 0) is 25.1 Å². The molecule has 2 amide bonds. The summed E-state index contributed by atoms with van der Waals surface area (Å²) in [5.74, 6) is -2.06. The van der Waals surface area contributed by atoms with Gasteiger partial charge in [0, 0.05) is 12.6 Å². The Kier molecular flexibility index (Phi) is 7.83. The van der Waals surface area contributed by atoms with Crippen LogP contribution >= 0.6 is 12.4 Å². The molecule has 21 heavy (non-hydrogen) atoms. The Bertz CT molecular complexity index is 514. The molecule has 1 unspecified atom stereocenters. The van der Waals surface area contributed by atoms with Crippen LogP contribution in [-0.4, -0.2) is 36.9 Å². The second kappa shape index (κ2) is 8.53. The minimum absolute atomic E-state index is 0. The highest BCUT2D eigenvalue weighted by molar-refractivity contribution is 5.85. The molecule has 1 aromatic carbocycles. The highest BCUT2D eigenvalue weighted by Gasteiger charge is 2.20. The van der Waals surface area contributed by atoms with Crippen LogP contribution in [0.4, 0.5) is 8.78 Å². The molecular weight excluding hydrogens is 304 g/mol. The highest BCUT2D eigenvalue weighted by atomic mass is 35.5. The van der Waals surface area contributed by atoms with Gasteiger partial charge < -0.3 is 16.0 Å². The molecule has 0 radical (unpaired) electrons. The van der Waals surface area contributed by atoms with E-state index in [1.165, 1.54) is 11.9 Å². The van der Waals surface area contributed by atoms with Gasteiger partial charge in [0.15, 0.2) is 0 Å². The molecule has 0 heterocycles. The molecule has 0 bridgehead atoms. The predicted molar refractivity (Wildman–Crippen MR) is 76.9 cm³/mol. The van der Waals surface area contributed by atoms with Gasteiger partial charge in [-0.15, -0.1) is 12.4 Å². The first kappa shape index (κ1) is 19.3.